The zero-order valence-electron chi connectivity index (χ0n) is 11.4. The van der Waals surface area contributed by atoms with E-state index in [9.17, 15) is 9.18 Å². The molecule has 3 rings (SSSR count). The van der Waals surface area contributed by atoms with Crippen molar-refractivity contribution in [1.29, 1.82) is 0 Å². The lowest BCUT2D eigenvalue weighted by molar-refractivity contribution is 0.102. The summed E-state index contributed by atoms with van der Waals surface area (Å²) in [5, 5.41) is 3.44. The van der Waals surface area contributed by atoms with Gasteiger partial charge in [0.05, 0.1) is 11.9 Å². The highest BCUT2D eigenvalue weighted by atomic mass is 19.1. The zero-order chi connectivity index (χ0) is 14.8. The summed E-state index contributed by atoms with van der Waals surface area (Å²) in [5.74, 6) is -0.574. The van der Waals surface area contributed by atoms with Crippen molar-refractivity contribution in [2.75, 3.05) is 5.32 Å². The number of para-hydroxylation sites is 1. The maximum atomic E-state index is 13.5. The molecule has 1 heterocycles. The second-order valence-corrected chi connectivity index (χ2v) is 4.80. The number of aromatic nitrogens is 1. The van der Waals surface area contributed by atoms with Crippen molar-refractivity contribution in [1.82, 2.24) is 4.98 Å². The number of rotatable bonds is 2. The van der Waals surface area contributed by atoms with Crippen LogP contribution in [0.3, 0.4) is 0 Å². The molecule has 1 aromatic heterocycles. The number of carbonyl (C=O) groups is 1. The second-order valence-electron chi connectivity index (χ2n) is 4.80. The van der Waals surface area contributed by atoms with Crippen LogP contribution in [0.25, 0.3) is 10.9 Å². The van der Waals surface area contributed by atoms with Gasteiger partial charge in [0.2, 0.25) is 0 Å². The maximum Gasteiger partial charge on any atom is 0.255 e. The molecule has 4 heteroatoms. The molecule has 3 aromatic rings. The van der Waals surface area contributed by atoms with Crippen LogP contribution in [-0.4, -0.2) is 10.9 Å². The minimum Gasteiger partial charge on any atom is -0.321 e. The molecule has 1 N–H and O–H groups in total. The highest BCUT2D eigenvalue weighted by molar-refractivity contribution is 6.05. The van der Waals surface area contributed by atoms with Crippen molar-refractivity contribution in [3.05, 3.63) is 71.7 Å². The first kappa shape index (κ1) is 13.2. The van der Waals surface area contributed by atoms with E-state index in [1.54, 1.807) is 24.3 Å². The Kier molecular flexibility index (Phi) is 3.36. The predicted molar refractivity (Wildman–Crippen MR) is 80.8 cm³/mol. The summed E-state index contributed by atoms with van der Waals surface area (Å²) in [6, 6.07) is 13.8. The number of benzene rings is 2. The van der Waals surface area contributed by atoms with E-state index < -0.39 is 0 Å². The summed E-state index contributed by atoms with van der Waals surface area (Å²) in [5.41, 5.74) is 2.35. The molecule has 0 atom stereocenters. The molecule has 2 aromatic carbocycles. The van der Waals surface area contributed by atoms with E-state index >= 15 is 0 Å². The van der Waals surface area contributed by atoms with Gasteiger partial charge in [0.25, 0.3) is 5.91 Å². The molecule has 0 bridgehead atoms. The van der Waals surface area contributed by atoms with E-state index in [2.05, 4.69) is 10.3 Å². The average Bonchev–Trinajstić information content (AvgIpc) is 2.48. The van der Waals surface area contributed by atoms with E-state index in [0.29, 0.717) is 22.2 Å². The Hall–Kier alpha value is -2.75. The molecule has 1 amide bonds. The lowest BCUT2D eigenvalue weighted by Crippen LogP contribution is -2.13. The van der Waals surface area contributed by atoms with Crippen LogP contribution in [0.5, 0.6) is 0 Å². The summed E-state index contributed by atoms with van der Waals surface area (Å²) in [4.78, 5) is 16.3. The van der Waals surface area contributed by atoms with Crippen molar-refractivity contribution < 1.29 is 9.18 Å². The molecule has 0 aliphatic rings. The molecule has 0 aliphatic heterocycles. The monoisotopic (exact) mass is 280 g/mol. The Labute approximate surface area is 121 Å². The number of nitrogens with one attached hydrogen (secondary N) is 1. The van der Waals surface area contributed by atoms with Gasteiger partial charge in [-0.25, -0.2) is 4.39 Å². The fraction of sp³-hybridized carbons (Fsp3) is 0.0588. The first-order chi connectivity index (χ1) is 10.1. The SMILES string of the molecule is Cc1ccccc1C(=O)Nc1cnc2c(F)cccc2c1. The van der Waals surface area contributed by atoms with Crippen LogP contribution < -0.4 is 5.32 Å². The van der Waals surface area contributed by atoms with Gasteiger partial charge in [0.1, 0.15) is 11.3 Å². The Balaban J connectivity index is 1.92. The minimum atomic E-state index is -0.371. The predicted octanol–water partition coefficient (Wildman–Crippen LogP) is 3.93. The number of amides is 1. The highest BCUT2D eigenvalue weighted by Gasteiger charge is 2.09. The smallest absolute Gasteiger partial charge is 0.255 e. The summed E-state index contributed by atoms with van der Waals surface area (Å²) in [7, 11) is 0. The van der Waals surface area contributed by atoms with E-state index in [4.69, 9.17) is 0 Å². The molecule has 104 valence electrons. The molecular formula is C17H13FN2O. The van der Waals surface area contributed by atoms with E-state index in [1.807, 2.05) is 25.1 Å². The molecule has 0 spiro atoms. The Morgan fingerprint density at radius 1 is 1.14 bits per heavy atom. The van der Waals surface area contributed by atoms with Crippen LogP contribution in [0.2, 0.25) is 0 Å². The van der Waals surface area contributed by atoms with Gasteiger partial charge in [-0.2, -0.15) is 0 Å². The van der Waals surface area contributed by atoms with E-state index in [-0.39, 0.29) is 11.7 Å². The van der Waals surface area contributed by atoms with Crippen LogP contribution in [0.1, 0.15) is 15.9 Å². The first-order valence-corrected chi connectivity index (χ1v) is 6.56. The molecule has 3 nitrogen and oxygen atoms in total. The van der Waals surface area contributed by atoms with Gasteiger partial charge in [-0.15, -0.1) is 0 Å². The summed E-state index contributed by atoms with van der Waals surface area (Å²) in [6.45, 7) is 1.88. The fourth-order valence-electron chi connectivity index (χ4n) is 2.22. The topological polar surface area (TPSA) is 42.0 Å². The Morgan fingerprint density at radius 3 is 2.76 bits per heavy atom. The van der Waals surface area contributed by atoms with Gasteiger partial charge in [-0.05, 0) is 30.7 Å². The largest absolute Gasteiger partial charge is 0.321 e. The lowest BCUT2D eigenvalue weighted by Gasteiger charge is -2.08. The van der Waals surface area contributed by atoms with Gasteiger partial charge < -0.3 is 5.32 Å². The molecule has 0 fully saturated rings. The second kappa shape index (κ2) is 5.32. The number of anilines is 1. The number of fused-ring (bicyclic) bond motifs is 1. The van der Waals surface area contributed by atoms with Gasteiger partial charge in [-0.1, -0.05) is 30.3 Å². The third kappa shape index (κ3) is 2.60. The molecule has 21 heavy (non-hydrogen) atoms. The summed E-state index contributed by atoms with van der Waals surface area (Å²) in [6.07, 6.45) is 1.46. The van der Waals surface area contributed by atoms with Crippen molar-refractivity contribution in [3.63, 3.8) is 0 Å². The summed E-state index contributed by atoms with van der Waals surface area (Å²) < 4.78 is 13.5. The van der Waals surface area contributed by atoms with Crippen molar-refractivity contribution in [3.8, 4) is 0 Å². The van der Waals surface area contributed by atoms with Gasteiger partial charge in [0.15, 0.2) is 0 Å². The van der Waals surface area contributed by atoms with Crippen LogP contribution >= 0.6 is 0 Å². The first-order valence-electron chi connectivity index (χ1n) is 6.56. The zero-order valence-corrected chi connectivity index (χ0v) is 11.4. The quantitative estimate of drug-likeness (QED) is 0.772. The molecular weight excluding hydrogens is 267 g/mol. The van der Waals surface area contributed by atoms with Crippen LogP contribution in [0, 0.1) is 12.7 Å². The van der Waals surface area contributed by atoms with Crippen molar-refractivity contribution >= 4 is 22.5 Å². The molecule has 0 aliphatic carbocycles. The molecule has 0 radical (unpaired) electrons. The number of halogens is 1. The standard InChI is InChI=1S/C17H13FN2O/c1-11-5-2-3-7-14(11)17(21)20-13-9-12-6-4-8-15(18)16(12)19-10-13/h2-10H,1H3,(H,20,21). The van der Waals surface area contributed by atoms with Crippen LogP contribution in [-0.2, 0) is 0 Å². The lowest BCUT2D eigenvalue weighted by atomic mass is 10.1. The fourth-order valence-corrected chi connectivity index (χ4v) is 2.22. The normalized spacial score (nSPS) is 10.6. The maximum absolute atomic E-state index is 13.5. The summed E-state index contributed by atoms with van der Waals surface area (Å²) >= 11 is 0. The molecule has 0 saturated heterocycles. The highest BCUT2D eigenvalue weighted by Crippen LogP contribution is 2.19. The van der Waals surface area contributed by atoms with Crippen molar-refractivity contribution in [2.24, 2.45) is 0 Å². The molecule has 0 saturated carbocycles. The van der Waals surface area contributed by atoms with Gasteiger partial charge >= 0.3 is 0 Å². The number of carbonyl (C=O) groups excluding carboxylic acids is 1. The van der Waals surface area contributed by atoms with Gasteiger partial charge in [-0.3, -0.25) is 9.78 Å². The third-order valence-electron chi connectivity index (χ3n) is 3.31. The van der Waals surface area contributed by atoms with E-state index in [0.717, 1.165) is 5.56 Å². The van der Waals surface area contributed by atoms with E-state index in [1.165, 1.54) is 12.3 Å². The van der Waals surface area contributed by atoms with Crippen LogP contribution in [0.15, 0.2) is 54.7 Å². The number of nitrogens with zero attached hydrogens (tertiary/aromatic N) is 1. The van der Waals surface area contributed by atoms with Gasteiger partial charge in [0, 0.05) is 10.9 Å². The number of hydrogen-bond donors (Lipinski definition) is 1. The van der Waals surface area contributed by atoms with Crippen LogP contribution in [0.4, 0.5) is 10.1 Å². The minimum absolute atomic E-state index is 0.203. The molecule has 0 unspecified atom stereocenters. The number of aryl methyl sites for hydroxylation is 1. The Morgan fingerprint density at radius 2 is 1.95 bits per heavy atom. The van der Waals surface area contributed by atoms with Crippen molar-refractivity contribution in [2.45, 2.75) is 6.92 Å². The third-order valence-corrected chi connectivity index (χ3v) is 3.31. The average molecular weight is 280 g/mol. The number of hydrogen-bond acceptors (Lipinski definition) is 2. The number of pyridine rings is 1. The Bertz CT molecular complexity index is 830.